The van der Waals surface area contributed by atoms with Gasteiger partial charge in [-0.15, -0.1) is 5.10 Å². The Hall–Kier alpha value is -1.73. The molecule has 0 radical (unpaired) electrons. The zero-order chi connectivity index (χ0) is 11.6. The van der Waals surface area contributed by atoms with E-state index in [1.807, 2.05) is 0 Å². The maximum Gasteiger partial charge on any atom is 0.254 e. The number of fused-ring (bicyclic) bond motifs is 3. The maximum absolute atomic E-state index is 11.9. The molecule has 1 fully saturated rings. The summed E-state index contributed by atoms with van der Waals surface area (Å²) in [6, 6.07) is 3.07. The van der Waals surface area contributed by atoms with Crippen LogP contribution < -0.4 is 5.56 Å². The smallest absolute Gasteiger partial charge is 0.254 e. The topological polar surface area (TPSA) is 82.2 Å². The van der Waals surface area contributed by atoms with Crippen molar-refractivity contribution in [3.8, 4) is 0 Å². The van der Waals surface area contributed by atoms with Gasteiger partial charge in [0.25, 0.3) is 5.56 Å². The molecule has 88 valence electrons. The lowest BCUT2D eigenvalue weighted by Gasteiger charge is -2.17. The van der Waals surface area contributed by atoms with Crippen LogP contribution in [-0.2, 0) is 11.3 Å². The van der Waals surface area contributed by atoms with Gasteiger partial charge in [-0.25, -0.2) is 4.68 Å². The van der Waals surface area contributed by atoms with E-state index in [9.17, 15) is 9.90 Å². The van der Waals surface area contributed by atoms with E-state index in [-0.39, 0.29) is 11.7 Å². The third kappa shape index (κ3) is 1.10. The minimum atomic E-state index is -0.646. The summed E-state index contributed by atoms with van der Waals surface area (Å²) in [4.78, 5) is 11.9. The first-order valence-corrected chi connectivity index (χ1v) is 5.52. The average Bonchev–Trinajstić information content (AvgIpc) is 2.79. The Morgan fingerprint density at radius 3 is 3.24 bits per heavy atom. The molecule has 2 bridgehead atoms. The van der Waals surface area contributed by atoms with Crippen LogP contribution in [0.4, 0.5) is 0 Å². The van der Waals surface area contributed by atoms with Crippen LogP contribution >= 0.6 is 0 Å². The van der Waals surface area contributed by atoms with Gasteiger partial charge < -0.3 is 9.84 Å². The number of aromatic nitrogens is 4. The molecule has 7 nitrogen and oxygen atoms in total. The molecule has 0 spiro atoms. The fourth-order valence-electron chi connectivity index (χ4n) is 2.65. The van der Waals surface area contributed by atoms with Gasteiger partial charge in [0.15, 0.2) is 11.9 Å². The molecule has 0 amide bonds. The van der Waals surface area contributed by atoms with E-state index in [2.05, 4.69) is 10.3 Å². The number of aliphatic hydroxyl groups excluding tert-OH is 1. The number of hydrogen-bond donors (Lipinski definition) is 1. The molecule has 2 aliphatic rings. The quantitative estimate of drug-likeness (QED) is 0.649. The van der Waals surface area contributed by atoms with Crippen molar-refractivity contribution in [1.82, 2.24) is 19.6 Å². The van der Waals surface area contributed by atoms with Gasteiger partial charge in [0, 0.05) is 12.5 Å². The molecule has 1 N–H and O–H groups in total. The molecule has 0 aromatic carbocycles. The van der Waals surface area contributed by atoms with Crippen LogP contribution in [0.5, 0.6) is 0 Å². The molecule has 4 rings (SSSR count). The van der Waals surface area contributed by atoms with Gasteiger partial charge in [0.05, 0.1) is 12.6 Å². The number of nitrogens with zero attached hydrogens (tertiary/aromatic N) is 4. The molecule has 3 atom stereocenters. The highest BCUT2D eigenvalue weighted by Crippen LogP contribution is 2.33. The molecule has 3 unspecified atom stereocenters. The van der Waals surface area contributed by atoms with Crippen LogP contribution in [0, 0.1) is 0 Å². The van der Waals surface area contributed by atoms with E-state index < -0.39 is 12.3 Å². The van der Waals surface area contributed by atoms with Crippen molar-refractivity contribution in [1.29, 1.82) is 0 Å². The average molecular weight is 234 g/mol. The van der Waals surface area contributed by atoms with Crippen molar-refractivity contribution in [2.45, 2.75) is 31.4 Å². The second-order valence-electron chi connectivity index (χ2n) is 4.47. The highest BCUT2D eigenvalue weighted by atomic mass is 16.5. The van der Waals surface area contributed by atoms with Gasteiger partial charge in [-0.05, 0) is 6.07 Å². The summed E-state index contributed by atoms with van der Waals surface area (Å²) < 4.78 is 8.80. The predicted octanol–water partition coefficient (Wildman–Crippen LogP) is -0.745. The summed E-state index contributed by atoms with van der Waals surface area (Å²) >= 11 is 0. The molecular formula is C10H10N4O3. The van der Waals surface area contributed by atoms with Gasteiger partial charge >= 0.3 is 0 Å². The zero-order valence-electron chi connectivity index (χ0n) is 8.85. The normalized spacial score (nSPS) is 30.8. The number of pyridine rings is 1. The Morgan fingerprint density at radius 1 is 1.47 bits per heavy atom. The Morgan fingerprint density at radius 2 is 2.35 bits per heavy atom. The molecular weight excluding hydrogens is 224 g/mol. The van der Waals surface area contributed by atoms with Gasteiger partial charge in [-0.1, -0.05) is 5.21 Å². The van der Waals surface area contributed by atoms with Crippen LogP contribution in [0.15, 0.2) is 16.9 Å². The molecule has 4 heterocycles. The Labute approximate surface area is 95.2 Å². The van der Waals surface area contributed by atoms with Gasteiger partial charge in [0.2, 0.25) is 0 Å². The summed E-state index contributed by atoms with van der Waals surface area (Å²) in [7, 11) is 0. The van der Waals surface area contributed by atoms with Crippen LogP contribution in [0.2, 0.25) is 0 Å². The first kappa shape index (κ1) is 9.32. The van der Waals surface area contributed by atoms with Crippen molar-refractivity contribution in [2.75, 3.05) is 0 Å². The van der Waals surface area contributed by atoms with Crippen molar-refractivity contribution < 1.29 is 9.84 Å². The SMILES string of the molecule is O=c1ccc2nnn3c2n1C1OC(CC1O)C3. The van der Waals surface area contributed by atoms with Gasteiger partial charge in [-0.3, -0.25) is 9.36 Å². The van der Waals surface area contributed by atoms with Crippen molar-refractivity contribution in [3.63, 3.8) is 0 Å². The lowest BCUT2D eigenvalue weighted by Crippen LogP contribution is -2.30. The maximum atomic E-state index is 11.9. The number of ether oxygens (including phenoxy) is 1. The Balaban J connectivity index is 2.14. The fraction of sp³-hybridized carbons (Fsp3) is 0.500. The molecule has 2 aromatic rings. The largest absolute Gasteiger partial charge is 0.388 e. The third-order valence-corrected chi connectivity index (χ3v) is 3.38. The van der Waals surface area contributed by atoms with Gasteiger partial charge in [-0.2, -0.15) is 0 Å². The van der Waals surface area contributed by atoms with E-state index >= 15 is 0 Å². The van der Waals surface area contributed by atoms with E-state index in [4.69, 9.17) is 4.74 Å². The minimum absolute atomic E-state index is 0.112. The first-order valence-electron chi connectivity index (χ1n) is 5.52. The van der Waals surface area contributed by atoms with E-state index in [1.165, 1.54) is 10.6 Å². The molecule has 1 saturated heterocycles. The first-order chi connectivity index (χ1) is 8.24. The molecule has 7 heteroatoms. The van der Waals surface area contributed by atoms with Crippen LogP contribution in [0.3, 0.4) is 0 Å². The number of rotatable bonds is 0. The second kappa shape index (κ2) is 2.93. The van der Waals surface area contributed by atoms with Crippen LogP contribution in [-0.4, -0.2) is 36.9 Å². The van der Waals surface area contributed by atoms with E-state index in [0.29, 0.717) is 24.1 Å². The molecule has 2 aromatic heterocycles. The highest BCUT2D eigenvalue weighted by molar-refractivity contribution is 5.70. The summed E-state index contributed by atoms with van der Waals surface area (Å²) in [5, 5.41) is 18.0. The molecule has 0 saturated carbocycles. The lowest BCUT2D eigenvalue weighted by atomic mass is 10.2. The van der Waals surface area contributed by atoms with Crippen LogP contribution in [0.1, 0.15) is 12.6 Å². The summed E-state index contributed by atoms with van der Waals surface area (Å²) in [5.74, 6) is 0. The van der Waals surface area contributed by atoms with E-state index in [0.717, 1.165) is 0 Å². The highest BCUT2D eigenvalue weighted by Gasteiger charge is 2.40. The summed E-state index contributed by atoms with van der Waals surface area (Å²) in [5.41, 5.74) is 1.07. The van der Waals surface area contributed by atoms with Gasteiger partial charge in [0.1, 0.15) is 11.6 Å². The third-order valence-electron chi connectivity index (χ3n) is 3.38. The molecule has 0 aliphatic carbocycles. The van der Waals surface area contributed by atoms with Crippen molar-refractivity contribution in [3.05, 3.63) is 22.5 Å². The summed E-state index contributed by atoms with van der Waals surface area (Å²) in [6.45, 7) is 0.521. The minimum Gasteiger partial charge on any atom is -0.388 e. The van der Waals surface area contributed by atoms with E-state index in [1.54, 1.807) is 10.7 Å². The zero-order valence-corrected chi connectivity index (χ0v) is 8.85. The molecule has 2 aliphatic heterocycles. The molecule has 17 heavy (non-hydrogen) atoms. The Kier molecular flexibility index (Phi) is 1.61. The Bertz CT molecular complexity index is 661. The second-order valence-corrected chi connectivity index (χ2v) is 4.47. The number of hydrogen-bond acceptors (Lipinski definition) is 5. The predicted molar refractivity (Wildman–Crippen MR) is 56.3 cm³/mol. The van der Waals surface area contributed by atoms with Crippen molar-refractivity contribution >= 4 is 11.2 Å². The standard InChI is InChI=1S/C10H10N4O3/c15-7-3-5-4-13-9-6(11-12-13)1-2-8(16)14(9)10(7)17-5/h1-2,5,7,10,15H,3-4H2. The van der Waals surface area contributed by atoms with Crippen LogP contribution in [0.25, 0.3) is 11.2 Å². The lowest BCUT2D eigenvalue weighted by molar-refractivity contribution is -0.0350. The number of aliphatic hydroxyl groups is 1. The summed E-state index contributed by atoms with van der Waals surface area (Å²) in [6.07, 6.45) is -0.852. The van der Waals surface area contributed by atoms with Crippen molar-refractivity contribution in [2.24, 2.45) is 0 Å². The fourth-order valence-corrected chi connectivity index (χ4v) is 2.65. The monoisotopic (exact) mass is 234 g/mol.